The van der Waals surface area contributed by atoms with Crippen LogP contribution in [0, 0.1) is 11.3 Å². The molecule has 1 aromatic heterocycles. The van der Waals surface area contributed by atoms with Gasteiger partial charge in [-0.25, -0.2) is 0 Å². The molecule has 0 saturated heterocycles. The Labute approximate surface area is 80.4 Å². The molecule has 2 aromatic rings. The lowest BCUT2D eigenvalue weighted by Gasteiger charge is -1.98. The summed E-state index contributed by atoms with van der Waals surface area (Å²) in [7, 11) is 0. The maximum Gasteiger partial charge on any atom is 0.273 e. The molecule has 1 N–H and O–H groups in total. The lowest BCUT2D eigenvalue weighted by molar-refractivity contribution is 0.676. The van der Waals surface area contributed by atoms with E-state index in [0.29, 0.717) is 17.5 Å². The summed E-state index contributed by atoms with van der Waals surface area (Å²) < 4.78 is 1.73. The van der Waals surface area contributed by atoms with Gasteiger partial charge in [0.05, 0.1) is 16.5 Å². The molecule has 0 bridgehead atoms. The Bertz CT molecular complexity index is 571. The van der Waals surface area contributed by atoms with Gasteiger partial charge in [0.2, 0.25) is 0 Å². The van der Waals surface area contributed by atoms with Crippen molar-refractivity contribution < 1.29 is 0 Å². The van der Waals surface area contributed by atoms with Gasteiger partial charge in [-0.1, -0.05) is 6.07 Å². The van der Waals surface area contributed by atoms with Crippen LogP contribution in [0.1, 0.15) is 12.5 Å². The van der Waals surface area contributed by atoms with E-state index >= 15 is 0 Å². The number of aromatic nitrogens is 2. The molecule has 4 nitrogen and oxygen atoms in total. The number of hydrogen-bond donors (Lipinski definition) is 1. The molecule has 0 unspecified atom stereocenters. The van der Waals surface area contributed by atoms with Crippen molar-refractivity contribution in [3.63, 3.8) is 0 Å². The molecular formula is C10H9N3O. The summed E-state index contributed by atoms with van der Waals surface area (Å²) in [6, 6.07) is 7.27. The number of fused-ring (bicyclic) bond motifs is 1. The molecule has 4 heteroatoms. The Hall–Kier alpha value is -2.02. The average molecular weight is 187 g/mol. The molecule has 1 aromatic carbocycles. The van der Waals surface area contributed by atoms with Gasteiger partial charge in [-0.2, -0.15) is 5.26 Å². The van der Waals surface area contributed by atoms with Crippen LogP contribution in [0.4, 0.5) is 0 Å². The fourth-order valence-electron chi connectivity index (χ4n) is 1.58. The predicted molar refractivity (Wildman–Crippen MR) is 52.9 cm³/mol. The molecule has 0 spiro atoms. The number of aromatic amines is 1. The highest BCUT2D eigenvalue weighted by Gasteiger charge is 2.08. The average Bonchev–Trinajstić information content (AvgIpc) is 2.55. The monoisotopic (exact) mass is 187 g/mol. The van der Waals surface area contributed by atoms with Crippen LogP contribution in [0.5, 0.6) is 0 Å². The van der Waals surface area contributed by atoms with Crippen molar-refractivity contribution in [2.75, 3.05) is 0 Å². The topological polar surface area (TPSA) is 61.6 Å². The van der Waals surface area contributed by atoms with E-state index in [9.17, 15) is 4.79 Å². The molecule has 2 rings (SSSR count). The van der Waals surface area contributed by atoms with Crippen LogP contribution in [-0.2, 0) is 6.54 Å². The van der Waals surface area contributed by atoms with E-state index in [1.165, 1.54) is 0 Å². The normalized spacial score (nSPS) is 10.3. The molecule has 14 heavy (non-hydrogen) atoms. The van der Waals surface area contributed by atoms with E-state index < -0.39 is 0 Å². The molecule has 0 atom stereocenters. The first-order valence-electron chi connectivity index (χ1n) is 4.39. The van der Waals surface area contributed by atoms with E-state index in [2.05, 4.69) is 5.10 Å². The van der Waals surface area contributed by atoms with Crippen LogP contribution < -0.4 is 5.56 Å². The van der Waals surface area contributed by atoms with Crippen molar-refractivity contribution in [1.82, 2.24) is 9.78 Å². The lowest BCUT2D eigenvalue weighted by atomic mass is 10.1. The minimum absolute atomic E-state index is 0.195. The molecule has 0 fully saturated rings. The van der Waals surface area contributed by atoms with Gasteiger partial charge >= 0.3 is 0 Å². The Morgan fingerprint density at radius 2 is 2.36 bits per heavy atom. The molecule has 0 radical (unpaired) electrons. The Morgan fingerprint density at radius 1 is 1.57 bits per heavy atom. The third-order valence-corrected chi connectivity index (χ3v) is 2.23. The standard InChI is InChI=1S/C10H9N3O/c1-2-13-8-5-3-4-7(6-11)9(8)10(14)12-13/h3-5H,2H2,1H3,(H,12,14). The van der Waals surface area contributed by atoms with Crippen LogP contribution in [-0.4, -0.2) is 9.78 Å². The van der Waals surface area contributed by atoms with Gasteiger partial charge in [-0.3, -0.25) is 14.6 Å². The number of nitrogens with one attached hydrogen (secondary N) is 1. The summed E-state index contributed by atoms with van der Waals surface area (Å²) >= 11 is 0. The van der Waals surface area contributed by atoms with Gasteiger partial charge in [-0.15, -0.1) is 0 Å². The van der Waals surface area contributed by atoms with Gasteiger partial charge in [0.15, 0.2) is 0 Å². The van der Waals surface area contributed by atoms with Crippen molar-refractivity contribution in [2.45, 2.75) is 13.5 Å². The Morgan fingerprint density at radius 3 is 3.00 bits per heavy atom. The first kappa shape index (κ1) is 8.57. The summed E-state index contributed by atoms with van der Waals surface area (Å²) in [6.07, 6.45) is 0. The van der Waals surface area contributed by atoms with E-state index in [1.54, 1.807) is 16.8 Å². The van der Waals surface area contributed by atoms with Crippen molar-refractivity contribution in [3.8, 4) is 6.07 Å². The Balaban J connectivity index is 2.97. The zero-order valence-electron chi connectivity index (χ0n) is 7.74. The maximum absolute atomic E-state index is 11.5. The smallest absolute Gasteiger partial charge is 0.273 e. The summed E-state index contributed by atoms with van der Waals surface area (Å²) in [6.45, 7) is 2.63. The molecule has 0 aliphatic heterocycles. The fraction of sp³-hybridized carbons (Fsp3) is 0.200. The molecule has 0 amide bonds. The predicted octanol–water partition coefficient (Wildman–Crippen LogP) is 1.22. The van der Waals surface area contributed by atoms with Gasteiger partial charge in [0.1, 0.15) is 6.07 Å². The second kappa shape index (κ2) is 3.04. The van der Waals surface area contributed by atoms with Crippen LogP contribution in [0.2, 0.25) is 0 Å². The number of benzene rings is 1. The minimum atomic E-state index is -0.195. The third-order valence-electron chi connectivity index (χ3n) is 2.23. The number of H-pyrrole nitrogens is 1. The molecule has 70 valence electrons. The number of hydrogen-bond acceptors (Lipinski definition) is 2. The van der Waals surface area contributed by atoms with E-state index in [1.807, 2.05) is 19.1 Å². The first-order valence-corrected chi connectivity index (χ1v) is 4.39. The second-order valence-electron chi connectivity index (χ2n) is 3.00. The molecule has 0 saturated carbocycles. The van der Waals surface area contributed by atoms with E-state index in [-0.39, 0.29) is 5.56 Å². The molecule has 0 aliphatic carbocycles. The minimum Gasteiger partial charge on any atom is -0.285 e. The van der Waals surface area contributed by atoms with Crippen LogP contribution in [0.3, 0.4) is 0 Å². The van der Waals surface area contributed by atoms with Gasteiger partial charge in [0.25, 0.3) is 5.56 Å². The van der Waals surface area contributed by atoms with Crippen molar-refractivity contribution >= 4 is 10.9 Å². The van der Waals surface area contributed by atoms with E-state index in [4.69, 9.17) is 5.26 Å². The van der Waals surface area contributed by atoms with Crippen LogP contribution in [0.25, 0.3) is 10.9 Å². The Kier molecular flexibility index (Phi) is 1.86. The van der Waals surface area contributed by atoms with Gasteiger partial charge in [-0.05, 0) is 19.1 Å². The number of aryl methyl sites for hydroxylation is 1. The molecule has 1 heterocycles. The van der Waals surface area contributed by atoms with Crippen LogP contribution >= 0.6 is 0 Å². The quantitative estimate of drug-likeness (QED) is 0.729. The third kappa shape index (κ3) is 1.03. The summed E-state index contributed by atoms with van der Waals surface area (Å²) in [5, 5.41) is 12.0. The van der Waals surface area contributed by atoms with E-state index in [0.717, 1.165) is 5.52 Å². The fourth-order valence-corrected chi connectivity index (χ4v) is 1.58. The summed E-state index contributed by atoms with van der Waals surface area (Å²) in [5.41, 5.74) is 1.02. The van der Waals surface area contributed by atoms with Crippen molar-refractivity contribution in [2.24, 2.45) is 0 Å². The summed E-state index contributed by atoms with van der Waals surface area (Å²) in [4.78, 5) is 11.5. The molecule has 0 aliphatic rings. The maximum atomic E-state index is 11.5. The number of nitrogens with zero attached hydrogens (tertiary/aromatic N) is 2. The van der Waals surface area contributed by atoms with Crippen molar-refractivity contribution in [3.05, 3.63) is 34.1 Å². The van der Waals surface area contributed by atoms with Crippen molar-refractivity contribution in [1.29, 1.82) is 5.26 Å². The molecular weight excluding hydrogens is 178 g/mol. The zero-order chi connectivity index (χ0) is 10.1. The summed E-state index contributed by atoms with van der Waals surface area (Å²) in [5.74, 6) is 0. The van der Waals surface area contributed by atoms with Gasteiger partial charge in [0, 0.05) is 6.54 Å². The largest absolute Gasteiger partial charge is 0.285 e. The second-order valence-corrected chi connectivity index (χ2v) is 3.00. The highest BCUT2D eigenvalue weighted by molar-refractivity contribution is 5.84. The number of nitriles is 1. The SMILES string of the molecule is CCn1[nH]c(=O)c2c(C#N)cccc21. The highest BCUT2D eigenvalue weighted by Crippen LogP contribution is 2.13. The van der Waals surface area contributed by atoms with Crippen LogP contribution in [0.15, 0.2) is 23.0 Å². The van der Waals surface area contributed by atoms with Gasteiger partial charge < -0.3 is 0 Å². The first-order chi connectivity index (χ1) is 6.77. The highest BCUT2D eigenvalue weighted by atomic mass is 16.1. The number of rotatable bonds is 1. The zero-order valence-corrected chi connectivity index (χ0v) is 7.74. The lowest BCUT2D eigenvalue weighted by Crippen LogP contribution is -2.04.